The molecular weight excluding hydrogens is 244 g/mol. The maximum absolute atomic E-state index is 14.1. The summed E-state index contributed by atoms with van der Waals surface area (Å²) in [6.07, 6.45) is 0. The maximum atomic E-state index is 14.1. The van der Waals surface area contributed by atoms with Crippen molar-refractivity contribution in [2.24, 2.45) is 0 Å². The molecule has 1 N–H and O–H groups in total. The molecule has 0 bridgehead atoms. The highest BCUT2D eigenvalue weighted by Gasteiger charge is 2.09. The van der Waals surface area contributed by atoms with Gasteiger partial charge < -0.3 is 5.32 Å². The van der Waals surface area contributed by atoms with Gasteiger partial charge in [0.05, 0.1) is 0 Å². The molecule has 19 heavy (non-hydrogen) atoms. The van der Waals surface area contributed by atoms with Crippen molar-refractivity contribution < 1.29 is 8.78 Å². The van der Waals surface area contributed by atoms with Gasteiger partial charge in [0.15, 0.2) is 0 Å². The fourth-order valence-corrected chi connectivity index (χ4v) is 2.04. The van der Waals surface area contributed by atoms with Crippen molar-refractivity contribution >= 4 is 0 Å². The summed E-state index contributed by atoms with van der Waals surface area (Å²) >= 11 is 0. The Morgan fingerprint density at radius 3 is 2.47 bits per heavy atom. The van der Waals surface area contributed by atoms with Crippen LogP contribution >= 0.6 is 0 Å². The number of rotatable bonds is 4. The number of hydrogen-bond donors (Lipinski definition) is 1. The zero-order valence-corrected chi connectivity index (χ0v) is 11.1. The molecule has 0 aliphatic carbocycles. The lowest BCUT2D eigenvalue weighted by Gasteiger charge is -2.09. The van der Waals surface area contributed by atoms with Gasteiger partial charge >= 0.3 is 0 Å². The van der Waals surface area contributed by atoms with Crippen LogP contribution in [0.25, 0.3) is 11.1 Å². The molecule has 0 aromatic heterocycles. The molecule has 0 unspecified atom stereocenters. The molecule has 0 aliphatic heterocycles. The van der Waals surface area contributed by atoms with Crippen LogP contribution in [0.2, 0.25) is 0 Å². The summed E-state index contributed by atoms with van der Waals surface area (Å²) in [4.78, 5) is 0. The topological polar surface area (TPSA) is 12.0 Å². The summed E-state index contributed by atoms with van der Waals surface area (Å²) in [6, 6.07) is 9.50. The van der Waals surface area contributed by atoms with Gasteiger partial charge in [-0.3, -0.25) is 0 Å². The van der Waals surface area contributed by atoms with E-state index in [1.165, 1.54) is 18.2 Å². The van der Waals surface area contributed by atoms with Crippen molar-refractivity contribution in [3.63, 3.8) is 0 Å². The average Bonchev–Trinajstić information content (AvgIpc) is 2.40. The van der Waals surface area contributed by atoms with E-state index in [0.717, 1.165) is 17.7 Å². The van der Waals surface area contributed by atoms with E-state index >= 15 is 0 Å². The van der Waals surface area contributed by atoms with Gasteiger partial charge in [0.2, 0.25) is 0 Å². The third kappa shape index (κ3) is 3.18. The maximum Gasteiger partial charge on any atom is 0.131 e. The molecule has 0 radical (unpaired) electrons. The van der Waals surface area contributed by atoms with Gasteiger partial charge in [0.1, 0.15) is 11.6 Å². The van der Waals surface area contributed by atoms with Crippen LogP contribution in [-0.2, 0) is 6.54 Å². The van der Waals surface area contributed by atoms with E-state index in [1.54, 1.807) is 12.1 Å². The van der Waals surface area contributed by atoms with Crippen molar-refractivity contribution in [3.05, 3.63) is 59.2 Å². The number of aryl methyl sites for hydroxylation is 1. The fourth-order valence-electron chi connectivity index (χ4n) is 2.04. The summed E-state index contributed by atoms with van der Waals surface area (Å²) < 4.78 is 27.4. The Hall–Kier alpha value is -1.74. The van der Waals surface area contributed by atoms with Crippen LogP contribution in [0.5, 0.6) is 0 Å². The Kier molecular flexibility index (Phi) is 4.27. The zero-order valence-electron chi connectivity index (χ0n) is 11.1. The zero-order chi connectivity index (χ0) is 13.8. The van der Waals surface area contributed by atoms with Crippen molar-refractivity contribution in [2.75, 3.05) is 6.54 Å². The quantitative estimate of drug-likeness (QED) is 0.875. The summed E-state index contributed by atoms with van der Waals surface area (Å²) in [5, 5.41) is 3.14. The minimum absolute atomic E-state index is 0.316. The Balaban J connectivity index is 2.37. The fraction of sp³-hybridized carbons (Fsp3) is 0.250. The van der Waals surface area contributed by atoms with Crippen LogP contribution in [0.4, 0.5) is 8.78 Å². The highest BCUT2D eigenvalue weighted by atomic mass is 19.1. The number of halogens is 2. The van der Waals surface area contributed by atoms with Crippen LogP contribution in [0, 0.1) is 18.6 Å². The van der Waals surface area contributed by atoms with E-state index in [-0.39, 0.29) is 11.6 Å². The standard InChI is InChI=1S/C16H17F2N/c1-3-19-10-12-5-7-14(16(18)8-12)15-9-13(17)6-4-11(15)2/h4-9,19H,3,10H2,1-2H3. The molecule has 0 amide bonds. The van der Waals surface area contributed by atoms with Crippen molar-refractivity contribution in [2.45, 2.75) is 20.4 Å². The van der Waals surface area contributed by atoms with Gasteiger partial charge in [-0.2, -0.15) is 0 Å². The first kappa shape index (κ1) is 13.7. The second kappa shape index (κ2) is 5.93. The van der Waals surface area contributed by atoms with Crippen molar-refractivity contribution in [3.8, 4) is 11.1 Å². The summed E-state index contributed by atoms with van der Waals surface area (Å²) in [5.74, 6) is -0.666. The summed E-state index contributed by atoms with van der Waals surface area (Å²) in [6.45, 7) is 5.32. The Morgan fingerprint density at radius 2 is 1.79 bits per heavy atom. The third-order valence-corrected chi connectivity index (χ3v) is 3.10. The second-order valence-corrected chi connectivity index (χ2v) is 4.55. The highest BCUT2D eigenvalue weighted by Crippen LogP contribution is 2.27. The minimum Gasteiger partial charge on any atom is -0.313 e. The summed E-state index contributed by atoms with van der Waals surface area (Å²) in [7, 11) is 0. The Morgan fingerprint density at radius 1 is 1.00 bits per heavy atom. The van der Waals surface area contributed by atoms with Gasteiger partial charge in [-0.25, -0.2) is 8.78 Å². The molecule has 2 rings (SSSR count). The molecule has 0 fully saturated rings. The predicted molar refractivity (Wildman–Crippen MR) is 73.9 cm³/mol. The Bertz CT molecular complexity index is 579. The first-order valence-corrected chi connectivity index (χ1v) is 6.37. The van der Waals surface area contributed by atoms with E-state index in [2.05, 4.69) is 5.32 Å². The molecule has 2 aromatic rings. The van der Waals surface area contributed by atoms with Crippen LogP contribution in [0.15, 0.2) is 36.4 Å². The first-order valence-electron chi connectivity index (χ1n) is 6.37. The van der Waals surface area contributed by atoms with E-state index in [4.69, 9.17) is 0 Å². The van der Waals surface area contributed by atoms with E-state index in [0.29, 0.717) is 17.7 Å². The highest BCUT2D eigenvalue weighted by molar-refractivity contribution is 5.68. The van der Waals surface area contributed by atoms with Crippen molar-refractivity contribution in [1.82, 2.24) is 5.32 Å². The molecule has 3 heteroatoms. The third-order valence-electron chi connectivity index (χ3n) is 3.10. The normalized spacial score (nSPS) is 10.7. The van der Waals surface area contributed by atoms with Crippen molar-refractivity contribution in [1.29, 1.82) is 0 Å². The minimum atomic E-state index is -0.350. The van der Waals surface area contributed by atoms with Gasteiger partial charge in [0.25, 0.3) is 0 Å². The number of nitrogens with one attached hydrogen (secondary N) is 1. The lowest BCUT2D eigenvalue weighted by molar-refractivity contribution is 0.621. The Labute approximate surface area is 112 Å². The van der Waals surface area contributed by atoms with E-state index in [9.17, 15) is 8.78 Å². The van der Waals surface area contributed by atoms with Crippen LogP contribution in [0.1, 0.15) is 18.1 Å². The molecule has 100 valence electrons. The molecule has 2 aromatic carbocycles. The largest absolute Gasteiger partial charge is 0.313 e. The van der Waals surface area contributed by atoms with Crippen LogP contribution < -0.4 is 5.32 Å². The lowest BCUT2D eigenvalue weighted by Crippen LogP contribution is -2.11. The molecule has 0 saturated heterocycles. The predicted octanol–water partition coefficient (Wildman–Crippen LogP) is 4.05. The van der Waals surface area contributed by atoms with E-state index in [1.807, 2.05) is 19.9 Å². The van der Waals surface area contributed by atoms with Gasteiger partial charge in [-0.1, -0.05) is 25.1 Å². The average molecular weight is 261 g/mol. The first-order chi connectivity index (χ1) is 9.11. The molecule has 0 spiro atoms. The molecule has 0 saturated carbocycles. The van der Waals surface area contributed by atoms with Crippen LogP contribution in [-0.4, -0.2) is 6.54 Å². The lowest BCUT2D eigenvalue weighted by atomic mass is 9.98. The number of benzene rings is 2. The van der Waals surface area contributed by atoms with E-state index < -0.39 is 0 Å². The van der Waals surface area contributed by atoms with Gasteiger partial charge in [-0.15, -0.1) is 0 Å². The molecular formula is C16H17F2N. The number of hydrogen-bond acceptors (Lipinski definition) is 1. The second-order valence-electron chi connectivity index (χ2n) is 4.55. The summed E-state index contributed by atoms with van der Waals surface area (Å²) in [5.41, 5.74) is 2.79. The molecule has 0 aliphatic rings. The molecule has 0 atom stereocenters. The smallest absolute Gasteiger partial charge is 0.131 e. The molecule has 0 heterocycles. The SMILES string of the molecule is CCNCc1ccc(-c2cc(F)ccc2C)c(F)c1. The van der Waals surface area contributed by atoms with Gasteiger partial charge in [-0.05, 0) is 48.4 Å². The van der Waals surface area contributed by atoms with Crippen LogP contribution in [0.3, 0.4) is 0 Å². The van der Waals surface area contributed by atoms with Gasteiger partial charge in [0, 0.05) is 12.1 Å². The monoisotopic (exact) mass is 261 g/mol. The molecule has 1 nitrogen and oxygen atoms in total.